The first-order valence-corrected chi connectivity index (χ1v) is 8.60. The highest BCUT2D eigenvalue weighted by Crippen LogP contribution is 2.18. The molecule has 2 aliphatic heterocycles. The van der Waals surface area contributed by atoms with Crippen LogP contribution in [0.3, 0.4) is 0 Å². The van der Waals surface area contributed by atoms with E-state index in [1.807, 2.05) is 0 Å². The summed E-state index contributed by atoms with van der Waals surface area (Å²) in [5.74, 6) is -0.0331. The number of hydrogen-bond donors (Lipinski definition) is 3. The van der Waals surface area contributed by atoms with Gasteiger partial charge in [-0.1, -0.05) is 0 Å². The van der Waals surface area contributed by atoms with E-state index in [0.717, 1.165) is 12.8 Å². The van der Waals surface area contributed by atoms with Gasteiger partial charge in [-0.05, 0) is 26.2 Å². The first-order valence-electron chi connectivity index (χ1n) is 8.60. The predicted octanol–water partition coefficient (Wildman–Crippen LogP) is -0.680. The number of nitrogens with zero attached hydrogens (tertiary/aromatic N) is 2. The number of amides is 3. The number of urea groups is 1. The van der Waals surface area contributed by atoms with E-state index < -0.39 is 11.2 Å². The number of hydrogen-bond acceptors (Lipinski definition) is 4. The third-order valence-electron chi connectivity index (χ3n) is 4.92. The maximum absolute atomic E-state index is 12.5. The summed E-state index contributed by atoms with van der Waals surface area (Å²) in [4.78, 5) is 55.7. The van der Waals surface area contributed by atoms with Crippen LogP contribution in [0.25, 0.3) is 0 Å². The molecule has 3 N–H and O–H groups in total. The summed E-state index contributed by atoms with van der Waals surface area (Å²) in [6.45, 7) is 4.19. The molecule has 0 aliphatic carbocycles. The van der Waals surface area contributed by atoms with Gasteiger partial charge in [0.1, 0.15) is 0 Å². The zero-order valence-corrected chi connectivity index (χ0v) is 14.3. The Kier molecular flexibility index (Phi) is 4.91. The lowest BCUT2D eigenvalue weighted by molar-refractivity contribution is -0.133. The molecule has 0 unspecified atom stereocenters. The van der Waals surface area contributed by atoms with Crippen molar-refractivity contribution in [2.24, 2.45) is 0 Å². The molecule has 1 atom stereocenters. The molecule has 9 heteroatoms. The Morgan fingerprint density at radius 1 is 1.20 bits per heavy atom. The van der Waals surface area contributed by atoms with E-state index in [9.17, 15) is 19.2 Å². The molecule has 136 valence electrons. The Hall–Kier alpha value is -2.58. The summed E-state index contributed by atoms with van der Waals surface area (Å²) in [7, 11) is 0. The van der Waals surface area contributed by atoms with E-state index in [1.165, 1.54) is 0 Å². The van der Waals surface area contributed by atoms with Gasteiger partial charge < -0.3 is 20.1 Å². The van der Waals surface area contributed by atoms with Crippen LogP contribution in [-0.2, 0) is 11.2 Å². The zero-order valence-electron chi connectivity index (χ0n) is 14.3. The molecule has 0 radical (unpaired) electrons. The van der Waals surface area contributed by atoms with Crippen molar-refractivity contribution in [3.63, 3.8) is 0 Å². The van der Waals surface area contributed by atoms with Crippen molar-refractivity contribution in [2.45, 2.75) is 38.6 Å². The second-order valence-electron chi connectivity index (χ2n) is 6.57. The fraction of sp³-hybridized carbons (Fsp3) is 0.625. The lowest BCUT2D eigenvalue weighted by Crippen LogP contribution is -2.50. The van der Waals surface area contributed by atoms with Gasteiger partial charge >= 0.3 is 11.7 Å². The van der Waals surface area contributed by atoms with Crippen molar-refractivity contribution < 1.29 is 9.59 Å². The second-order valence-corrected chi connectivity index (χ2v) is 6.57. The molecule has 3 heterocycles. The molecule has 2 aliphatic rings. The molecule has 1 aromatic heterocycles. The number of nitrogens with one attached hydrogen (secondary N) is 3. The minimum Gasteiger partial charge on any atom is -0.341 e. The molecule has 2 saturated heterocycles. The van der Waals surface area contributed by atoms with E-state index in [2.05, 4.69) is 15.3 Å². The Bertz CT molecular complexity index is 783. The molecule has 3 rings (SSSR count). The summed E-state index contributed by atoms with van der Waals surface area (Å²) < 4.78 is 0. The maximum Gasteiger partial charge on any atom is 0.325 e. The van der Waals surface area contributed by atoms with Crippen LogP contribution in [0.5, 0.6) is 0 Å². The highest BCUT2D eigenvalue weighted by Gasteiger charge is 2.32. The summed E-state index contributed by atoms with van der Waals surface area (Å²) in [5.41, 5.74) is -0.0631. The number of H-pyrrole nitrogens is 2. The zero-order chi connectivity index (χ0) is 18.0. The molecule has 3 amide bonds. The molecule has 9 nitrogen and oxygen atoms in total. The van der Waals surface area contributed by atoms with Crippen LogP contribution in [0.1, 0.15) is 30.5 Å². The highest BCUT2D eigenvalue weighted by atomic mass is 16.2. The van der Waals surface area contributed by atoms with Gasteiger partial charge in [-0.25, -0.2) is 9.59 Å². The van der Waals surface area contributed by atoms with Crippen LogP contribution >= 0.6 is 0 Å². The average molecular weight is 349 g/mol. The molecule has 25 heavy (non-hydrogen) atoms. The van der Waals surface area contributed by atoms with Crippen LogP contribution in [0.2, 0.25) is 0 Å². The smallest absolute Gasteiger partial charge is 0.325 e. The summed E-state index contributed by atoms with van der Waals surface area (Å²) in [6.07, 6.45) is 2.24. The van der Waals surface area contributed by atoms with Crippen molar-refractivity contribution in [1.29, 1.82) is 0 Å². The Labute approximate surface area is 144 Å². The molecule has 0 spiro atoms. The topological polar surface area (TPSA) is 118 Å². The van der Waals surface area contributed by atoms with Gasteiger partial charge in [-0.2, -0.15) is 0 Å². The van der Waals surface area contributed by atoms with Gasteiger partial charge in [-0.3, -0.25) is 14.6 Å². The number of aromatic nitrogens is 2. The number of piperidine rings is 1. The first-order chi connectivity index (χ1) is 12.0. The largest absolute Gasteiger partial charge is 0.341 e. The quantitative estimate of drug-likeness (QED) is 0.667. The Morgan fingerprint density at radius 2 is 2.00 bits per heavy atom. The van der Waals surface area contributed by atoms with E-state index in [4.69, 9.17) is 0 Å². The van der Waals surface area contributed by atoms with Crippen molar-refractivity contribution in [3.8, 4) is 0 Å². The van der Waals surface area contributed by atoms with E-state index in [1.54, 1.807) is 16.7 Å². The standard InChI is InChI=1S/C16H23N5O4/c1-10-12(14(23)19-15(24)18-10)4-5-13(22)20-7-2-3-11(9-20)21-8-6-17-16(21)25/h11H,2-9H2,1H3,(H,17,25)(H2,18,19,23,24)/t11-/m1/s1. The molecule has 2 fully saturated rings. The average Bonchev–Trinajstić information content (AvgIpc) is 3.00. The minimum atomic E-state index is -0.541. The van der Waals surface area contributed by atoms with Crippen LogP contribution < -0.4 is 16.6 Å². The summed E-state index contributed by atoms with van der Waals surface area (Å²) >= 11 is 0. The first kappa shape index (κ1) is 17.2. The van der Waals surface area contributed by atoms with Crippen LogP contribution in [0.4, 0.5) is 4.79 Å². The summed E-state index contributed by atoms with van der Waals surface area (Å²) in [5, 5.41) is 2.79. The number of aromatic amines is 2. The minimum absolute atomic E-state index is 0.0331. The lowest BCUT2D eigenvalue weighted by Gasteiger charge is -2.37. The highest BCUT2D eigenvalue weighted by molar-refractivity contribution is 5.78. The third kappa shape index (κ3) is 3.75. The van der Waals surface area contributed by atoms with Gasteiger partial charge in [-0.15, -0.1) is 0 Å². The van der Waals surface area contributed by atoms with Gasteiger partial charge in [0.15, 0.2) is 0 Å². The summed E-state index contributed by atoms with van der Waals surface area (Å²) in [6, 6.07) is -0.00637. The van der Waals surface area contributed by atoms with Crippen molar-refractivity contribution in [1.82, 2.24) is 25.1 Å². The third-order valence-corrected chi connectivity index (χ3v) is 4.92. The SMILES string of the molecule is Cc1[nH]c(=O)[nH]c(=O)c1CCC(=O)N1CCC[C@@H](N2CCNC2=O)C1. The number of aryl methyl sites for hydroxylation is 1. The normalized spacial score (nSPS) is 20.7. The number of carbonyl (C=O) groups is 2. The van der Waals surface area contributed by atoms with Gasteiger partial charge in [0.25, 0.3) is 5.56 Å². The fourth-order valence-corrected chi connectivity index (χ4v) is 3.59. The van der Waals surface area contributed by atoms with Crippen LogP contribution in [-0.4, -0.2) is 63.9 Å². The van der Waals surface area contributed by atoms with Crippen LogP contribution in [0, 0.1) is 6.92 Å². The van der Waals surface area contributed by atoms with Gasteiger partial charge in [0.2, 0.25) is 5.91 Å². The van der Waals surface area contributed by atoms with E-state index in [-0.39, 0.29) is 30.8 Å². The van der Waals surface area contributed by atoms with Gasteiger partial charge in [0, 0.05) is 43.9 Å². The Morgan fingerprint density at radius 3 is 2.68 bits per heavy atom. The van der Waals surface area contributed by atoms with Gasteiger partial charge in [0.05, 0.1) is 6.04 Å². The molecule has 0 saturated carbocycles. The molecule has 0 bridgehead atoms. The van der Waals surface area contributed by atoms with E-state index >= 15 is 0 Å². The fourth-order valence-electron chi connectivity index (χ4n) is 3.59. The Balaban J connectivity index is 1.60. The molecule has 0 aromatic carbocycles. The van der Waals surface area contributed by atoms with Crippen molar-refractivity contribution >= 4 is 11.9 Å². The molecule has 1 aromatic rings. The van der Waals surface area contributed by atoms with Crippen molar-refractivity contribution in [3.05, 3.63) is 32.1 Å². The number of likely N-dealkylation sites (tertiary alicyclic amines) is 1. The molecular formula is C16H23N5O4. The molecular weight excluding hydrogens is 326 g/mol. The second kappa shape index (κ2) is 7.12. The lowest BCUT2D eigenvalue weighted by atomic mass is 10.0. The number of carbonyl (C=O) groups excluding carboxylic acids is 2. The monoisotopic (exact) mass is 349 g/mol. The van der Waals surface area contributed by atoms with E-state index in [0.29, 0.717) is 37.4 Å². The number of rotatable bonds is 4. The van der Waals surface area contributed by atoms with Crippen LogP contribution in [0.15, 0.2) is 9.59 Å². The van der Waals surface area contributed by atoms with Crippen molar-refractivity contribution in [2.75, 3.05) is 26.2 Å². The predicted molar refractivity (Wildman–Crippen MR) is 90.4 cm³/mol. The maximum atomic E-state index is 12.5.